The SMILES string of the molecule is CCN(CC)C(=O)[C@@H]1[C@@H]2CC[C@@]3(CC(=O)c4ccccc4O3)[C@H]21. The molecule has 0 bridgehead atoms. The van der Waals surface area contributed by atoms with Gasteiger partial charge in [0.15, 0.2) is 5.78 Å². The number of para-hydroxylation sites is 1. The van der Waals surface area contributed by atoms with E-state index >= 15 is 0 Å². The summed E-state index contributed by atoms with van der Waals surface area (Å²) in [5, 5.41) is 0. The molecule has 1 aromatic carbocycles. The molecule has 3 aliphatic rings. The molecule has 0 radical (unpaired) electrons. The predicted molar refractivity (Wildman–Crippen MR) is 86.4 cm³/mol. The summed E-state index contributed by atoms with van der Waals surface area (Å²) < 4.78 is 6.34. The van der Waals surface area contributed by atoms with Gasteiger partial charge in [-0.1, -0.05) is 12.1 Å². The number of nitrogens with zero attached hydrogens (tertiary/aromatic N) is 1. The second-order valence-corrected chi connectivity index (χ2v) is 7.03. The minimum atomic E-state index is -0.441. The van der Waals surface area contributed by atoms with E-state index in [0.29, 0.717) is 23.7 Å². The third-order valence-electron chi connectivity index (χ3n) is 6.00. The van der Waals surface area contributed by atoms with Gasteiger partial charge in [-0.15, -0.1) is 0 Å². The molecule has 1 aliphatic heterocycles. The Labute approximate surface area is 136 Å². The van der Waals surface area contributed by atoms with Crippen LogP contribution in [0.25, 0.3) is 0 Å². The number of ether oxygens (including phenoxy) is 1. The number of carbonyl (C=O) groups is 2. The zero-order valence-electron chi connectivity index (χ0n) is 13.7. The molecule has 2 saturated carbocycles. The summed E-state index contributed by atoms with van der Waals surface area (Å²) in [6.45, 7) is 5.54. The van der Waals surface area contributed by atoms with E-state index in [1.165, 1.54) is 0 Å². The van der Waals surface area contributed by atoms with Crippen molar-refractivity contribution in [1.82, 2.24) is 4.90 Å². The van der Waals surface area contributed by atoms with Crippen LogP contribution in [0, 0.1) is 17.8 Å². The van der Waals surface area contributed by atoms with Gasteiger partial charge in [-0.05, 0) is 44.7 Å². The van der Waals surface area contributed by atoms with Gasteiger partial charge in [0, 0.05) is 24.9 Å². The van der Waals surface area contributed by atoms with E-state index in [1.807, 2.05) is 43.0 Å². The van der Waals surface area contributed by atoms with Gasteiger partial charge in [0.25, 0.3) is 0 Å². The molecule has 4 atom stereocenters. The van der Waals surface area contributed by atoms with Crippen LogP contribution in [0.1, 0.15) is 43.5 Å². The van der Waals surface area contributed by atoms with Gasteiger partial charge >= 0.3 is 0 Å². The number of benzene rings is 1. The molecule has 0 N–H and O–H groups in total. The fourth-order valence-electron chi connectivity index (χ4n) is 4.84. The van der Waals surface area contributed by atoms with Crippen LogP contribution < -0.4 is 4.74 Å². The van der Waals surface area contributed by atoms with Crippen LogP contribution in [-0.4, -0.2) is 35.3 Å². The van der Waals surface area contributed by atoms with E-state index in [4.69, 9.17) is 4.74 Å². The summed E-state index contributed by atoms with van der Waals surface area (Å²) in [5.41, 5.74) is 0.248. The highest BCUT2D eigenvalue weighted by Gasteiger charge is 2.70. The first-order chi connectivity index (χ1) is 11.1. The van der Waals surface area contributed by atoms with Gasteiger partial charge in [0.05, 0.1) is 12.0 Å². The lowest BCUT2D eigenvalue weighted by Gasteiger charge is -2.37. The van der Waals surface area contributed by atoms with Crippen LogP contribution >= 0.6 is 0 Å². The standard InChI is InChI=1S/C19H23NO3/c1-3-20(4-2)18(22)16-13-9-10-19(17(13)16)11-14(21)12-7-5-6-8-15(12)23-19/h5-8,13,16-17H,3-4,9-11H2,1-2H3/t13-,16+,17+,19+/m0/s1. The molecule has 1 amide bonds. The Morgan fingerprint density at radius 3 is 2.78 bits per heavy atom. The summed E-state index contributed by atoms with van der Waals surface area (Å²) in [7, 11) is 0. The van der Waals surface area contributed by atoms with Crippen molar-refractivity contribution in [2.75, 3.05) is 13.1 Å². The number of ketones is 1. The fourth-order valence-corrected chi connectivity index (χ4v) is 4.84. The molecule has 4 nitrogen and oxygen atoms in total. The zero-order chi connectivity index (χ0) is 16.2. The fraction of sp³-hybridized carbons (Fsp3) is 0.579. The van der Waals surface area contributed by atoms with Crippen molar-refractivity contribution in [3.8, 4) is 5.75 Å². The highest BCUT2D eigenvalue weighted by Crippen LogP contribution is 2.66. The van der Waals surface area contributed by atoms with Crippen molar-refractivity contribution in [3.63, 3.8) is 0 Å². The van der Waals surface area contributed by atoms with Crippen LogP contribution in [0.2, 0.25) is 0 Å². The maximum absolute atomic E-state index is 12.7. The van der Waals surface area contributed by atoms with Crippen molar-refractivity contribution in [3.05, 3.63) is 29.8 Å². The minimum Gasteiger partial charge on any atom is -0.486 e. The van der Waals surface area contributed by atoms with E-state index in [0.717, 1.165) is 25.9 Å². The van der Waals surface area contributed by atoms with Crippen molar-refractivity contribution < 1.29 is 14.3 Å². The Morgan fingerprint density at radius 2 is 2.04 bits per heavy atom. The summed E-state index contributed by atoms with van der Waals surface area (Å²) in [5.74, 6) is 1.79. The third kappa shape index (κ3) is 2.03. The summed E-state index contributed by atoms with van der Waals surface area (Å²) >= 11 is 0. The van der Waals surface area contributed by atoms with Crippen LogP contribution in [0.15, 0.2) is 24.3 Å². The molecule has 1 aromatic rings. The molecule has 2 fully saturated rings. The average molecular weight is 313 g/mol. The number of fused-ring (bicyclic) bond motifs is 3. The molecule has 4 heteroatoms. The number of Topliss-reactive ketones (excluding diaryl/α,β-unsaturated/α-hetero) is 1. The van der Waals surface area contributed by atoms with Gasteiger partial charge in [-0.25, -0.2) is 0 Å². The van der Waals surface area contributed by atoms with E-state index in [2.05, 4.69) is 0 Å². The Bertz CT molecular complexity index is 666. The van der Waals surface area contributed by atoms with Crippen molar-refractivity contribution in [2.45, 2.75) is 38.7 Å². The average Bonchev–Trinajstić information content (AvgIpc) is 3.20. The van der Waals surface area contributed by atoms with E-state index < -0.39 is 5.60 Å². The topological polar surface area (TPSA) is 46.6 Å². The van der Waals surface area contributed by atoms with Crippen LogP contribution in [0.3, 0.4) is 0 Å². The van der Waals surface area contributed by atoms with Crippen LogP contribution in [0.5, 0.6) is 5.75 Å². The Balaban J connectivity index is 1.60. The molecule has 4 rings (SSSR count). The summed E-state index contributed by atoms with van der Waals surface area (Å²) in [6, 6.07) is 7.50. The summed E-state index contributed by atoms with van der Waals surface area (Å²) in [4.78, 5) is 27.2. The van der Waals surface area contributed by atoms with Crippen molar-refractivity contribution >= 4 is 11.7 Å². The third-order valence-corrected chi connectivity index (χ3v) is 6.00. The first kappa shape index (κ1) is 14.7. The van der Waals surface area contributed by atoms with Gasteiger partial charge in [-0.2, -0.15) is 0 Å². The van der Waals surface area contributed by atoms with Crippen LogP contribution in [0.4, 0.5) is 0 Å². The highest BCUT2D eigenvalue weighted by molar-refractivity contribution is 6.00. The van der Waals surface area contributed by atoms with Crippen molar-refractivity contribution in [1.29, 1.82) is 0 Å². The number of hydrogen-bond donors (Lipinski definition) is 0. The van der Waals surface area contributed by atoms with Gasteiger partial charge in [0.1, 0.15) is 11.4 Å². The number of amides is 1. The molecule has 1 spiro atoms. The molecule has 23 heavy (non-hydrogen) atoms. The monoisotopic (exact) mass is 313 g/mol. The normalized spacial score (nSPS) is 33.8. The maximum atomic E-state index is 12.7. The smallest absolute Gasteiger partial charge is 0.226 e. The van der Waals surface area contributed by atoms with Gasteiger partial charge in [0.2, 0.25) is 5.91 Å². The second-order valence-electron chi connectivity index (χ2n) is 7.03. The highest BCUT2D eigenvalue weighted by atomic mass is 16.5. The molecule has 122 valence electrons. The van der Waals surface area contributed by atoms with E-state index in [1.54, 1.807) is 0 Å². The van der Waals surface area contributed by atoms with Gasteiger partial charge < -0.3 is 9.64 Å². The lowest BCUT2D eigenvalue weighted by Crippen LogP contribution is -2.45. The first-order valence-corrected chi connectivity index (χ1v) is 8.71. The van der Waals surface area contributed by atoms with E-state index in [9.17, 15) is 9.59 Å². The Kier molecular flexibility index (Phi) is 3.26. The molecule has 0 unspecified atom stereocenters. The van der Waals surface area contributed by atoms with E-state index in [-0.39, 0.29) is 23.5 Å². The second kappa shape index (κ2) is 5.08. The number of rotatable bonds is 3. The lowest BCUT2D eigenvalue weighted by atomic mass is 9.84. The number of hydrogen-bond acceptors (Lipinski definition) is 3. The van der Waals surface area contributed by atoms with Crippen LogP contribution in [-0.2, 0) is 4.79 Å². The predicted octanol–water partition coefficient (Wildman–Crippen LogP) is 2.92. The first-order valence-electron chi connectivity index (χ1n) is 8.71. The molecular formula is C19H23NO3. The molecule has 1 heterocycles. The number of carbonyl (C=O) groups excluding carboxylic acids is 2. The molecule has 0 saturated heterocycles. The minimum absolute atomic E-state index is 0.0571. The zero-order valence-corrected chi connectivity index (χ0v) is 13.7. The van der Waals surface area contributed by atoms with Gasteiger partial charge in [-0.3, -0.25) is 9.59 Å². The molecule has 0 aromatic heterocycles. The molecular weight excluding hydrogens is 290 g/mol. The van der Waals surface area contributed by atoms with Crippen molar-refractivity contribution in [2.24, 2.45) is 17.8 Å². The maximum Gasteiger partial charge on any atom is 0.226 e. The Morgan fingerprint density at radius 1 is 1.30 bits per heavy atom. The molecule has 2 aliphatic carbocycles. The Hall–Kier alpha value is -1.84. The summed E-state index contributed by atoms with van der Waals surface area (Å²) in [6.07, 6.45) is 2.31. The largest absolute Gasteiger partial charge is 0.486 e. The lowest BCUT2D eigenvalue weighted by molar-refractivity contribution is -0.134. The quantitative estimate of drug-likeness (QED) is 0.862.